The normalized spacial score (nSPS) is 16.9. The van der Waals surface area contributed by atoms with Crippen molar-refractivity contribution in [3.05, 3.63) is 212 Å². The van der Waals surface area contributed by atoms with Crippen LogP contribution < -0.4 is 0 Å². The van der Waals surface area contributed by atoms with Gasteiger partial charge < -0.3 is 4.74 Å². The van der Waals surface area contributed by atoms with Crippen LogP contribution in [0.15, 0.2) is 172 Å². The summed E-state index contributed by atoms with van der Waals surface area (Å²) in [5.41, 5.74) is 14.7. The highest BCUT2D eigenvalue weighted by Crippen LogP contribution is 2.47. The number of halogens is 1. The number of fused-ring (bicyclic) bond motifs is 3. The molecule has 0 spiro atoms. The van der Waals surface area contributed by atoms with Gasteiger partial charge >= 0.3 is 0 Å². The van der Waals surface area contributed by atoms with E-state index in [4.69, 9.17) is 4.74 Å². The van der Waals surface area contributed by atoms with Crippen molar-refractivity contribution < 1.29 is 4.74 Å². The average Bonchev–Trinajstić information content (AvgIpc) is 3.90. The van der Waals surface area contributed by atoms with Crippen LogP contribution >= 0.6 is 27.7 Å². The first-order chi connectivity index (χ1) is 24.2. The zero-order valence-electron chi connectivity index (χ0n) is 27.5. The topological polar surface area (TPSA) is 9.23 Å². The van der Waals surface area contributed by atoms with Gasteiger partial charge in [0.25, 0.3) is 0 Å². The molecule has 1 nitrogen and oxygen atoms in total. The van der Waals surface area contributed by atoms with E-state index in [1.165, 1.54) is 75.5 Å². The maximum absolute atomic E-state index is 5.95. The van der Waals surface area contributed by atoms with Gasteiger partial charge in [0.2, 0.25) is 0 Å². The molecule has 3 aliphatic carbocycles. The predicted molar refractivity (Wildman–Crippen MR) is 208 cm³/mol. The molecule has 0 aromatic heterocycles. The van der Waals surface area contributed by atoms with Gasteiger partial charge in [-0.25, -0.2) is 0 Å². The summed E-state index contributed by atoms with van der Waals surface area (Å²) >= 11 is 5.57. The van der Waals surface area contributed by atoms with Crippen molar-refractivity contribution in [2.45, 2.75) is 41.1 Å². The lowest BCUT2D eigenvalue weighted by Gasteiger charge is -2.29. The van der Waals surface area contributed by atoms with Gasteiger partial charge in [-0.05, 0) is 105 Å². The molecule has 3 heteroatoms. The molecule has 0 heterocycles. The summed E-state index contributed by atoms with van der Waals surface area (Å²) in [5, 5.41) is 0. The van der Waals surface area contributed by atoms with E-state index in [0.29, 0.717) is 0 Å². The fraction of sp³-hybridized carbons (Fsp3) is 0.130. The number of benzene rings is 6. The van der Waals surface area contributed by atoms with Gasteiger partial charge in [0.1, 0.15) is 5.60 Å². The molecular formula is C46H37BrOS. The molecule has 0 aliphatic heterocycles. The van der Waals surface area contributed by atoms with Crippen molar-refractivity contribution in [3.8, 4) is 0 Å². The van der Waals surface area contributed by atoms with Gasteiger partial charge in [0.05, 0.1) is 0 Å². The molecule has 1 unspecified atom stereocenters. The fourth-order valence-electron chi connectivity index (χ4n) is 7.74. The van der Waals surface area contributed by atoms with Crippen LogP contribution in [0.3, 0.4) is 0 Å². The highest BCUT2D eigenvalue weighted by atomic mass is 79.9. The van der Waals surface area contributed by atoms with Crippen molar-refractivity contribution >= 4 is 38.8 Å². The van der Waals surface area contributed by atoms with E-state index >= 15 is 0 Å². The predicted octanol–water partition coefficient (Wildman–Crippen LogP) is 12.1. The van der Waals surface area contributed by atoms with Gasteiger partial charge in [-0.1, -0.05) is 167 Å². The Morgan fingerprint density at radius 1 is 0.551 bits per heavy atom. The lowest BCUT2D eigenvalue weighted by molar-refractivity contribution is 0.0238. The van der Waals surface area contributed by atoms with Gasteiger partial charge in [-0.15, -0.1) is 0 Å². The van der Waals surface area contributed by atoms with E-state index in [1.54, 1.807) is 0 Å². The summed E-state index contributed by atoms with van der Waals surface area (Å²) in [6.45, 7) is 0. The SMILES string of the molecule is C1=C(c2ccccc2)c2cccc(Sc3cccc4c3CC=C4c3ccccc3)c2C1.COC1(c2ccccc2)CCc2c(Br)cccc21. The van der Waals surface area contributed by atoms with Crippen LogP contribution in [0.2, 0.25) is 0 Å². The first kappa shape index (κ1) is 31.8. The quantitative estimate of drug-likeness (QED) is 0.170. The molecular weight excluding hydrogens is 680 g/mol. The molecule has 0 saturated carbocycles. The standard InChI is InChI=1S/C30H22S.C16H15BrO/c1-3-9-21(10-4-1)23-17-19-27-25(23)13-7-15-29(27)31-30-16-8-14-26-24(18-20-28(26)30)22-11-5-2-6-12-22;1-18-16(12-6-3-2-4-7-12)11-10-13-14(16)8-5-9-15(13)17/h1-18H,19-20H2;2-9H,10-11H2,1H3. The first-order valence-corrected chi connectivity index (χ1v) is 18.6. The fourth-order valence-corrected chi connectivity index (χ4v) is 9.47. The van der Waals surface area contributed by atoms with Crippen molar-refractivity contribution in [2.24, 2.45) is 0 Å². The molecule has 49 heavy (non-hydrogen) atoms. The van der Waals surface area contributed by atoms with Crippen molar-refractivity contribution in [3.63, 3.8) is 0 Å². The molecule has 0 saturated heterocycles. The maximum atomic E-state index is 5.95. The first-order valence-electron chi connectivity index (χ1n) is 17.0. The monoisotopic (exact) mass is 716 g/mol. The molecule has 6 aromatic carbocycles. The summed E-state index contributed by atoms with van der Waals surface area (Å²) in [6, 6.07) is 51.9. The largest absolute Gasteiger partial charge is 0.369 e. The molecule has 0 N–H and O–H groups in total. The van der Waals surface area contributed by atoms with Crippen LogP contribution in [0.4, 0.5) is 0 Å². The highest BCUT2D eigenvalue weighted by Gasteiger charge is 2.41. The second-order valence-corrected chi connectivity index (χ2v) is 14.6. The Bertz CT molecular complexity index is 2080. The molecule has 0 bridgehead atoms. The van der Waals surface area contributed by atoms with E-state index in [9.17, 15) is 0 Å². The third-order valence-corrected chi connectivity index (χ3v) is 12.1. The van der Waals surface area contributed by atoms with Crippen molar-refractivity contribution in [2.75, 3.05) is 7.11 Å². The molecule has 0 amide bonds. The van der Waals surface area contributed by atoms with Gasteiger partial charge in [-0.2, -0.15) is 0 Å². The van der Waals surface area contributed by atoms with Crippen LogP contribution in [0.1, 0.15) is 56.5 Å². The number of hydrogen-bond acceptors (Lipinski definition) is 2. The Hall–Kier alpha value is -4.41. The van der Waals surface area contributed by atoms with Crippen LogP contribution in [-0.2, 0) is 29.6 Å². The third-order valence-electron chi connectivity index (χ3n) is 10.1. The average molecular weight is 718 g/mol. The summed E-state index contributed by atoms with van der Waals surface area (Å²) in [7, 11) is 1.81. The minimum atomic E-state index is -0.277. The molecule has 0 fully saturated rings. The minimum absolute atomic E-state index is 0.277. The number of allylic oxidation sites excluding steroid dienone is 2. The van der Waals surface area contributed by atoms with E-state index in [2.05, 4.69) is 168 Å². The molecule has 9 rings (SSSR count). The third kappa shape index (κ3) is 5.95. The maximum Gasteiger partial charge on any atom is 0.118 e. The smallest absolute Gasteiger partial charge is 0.118 e. The van der Waals surface area contributed by atoms with E-state index in [0.717, 1.165) is 25.7 Å². The molecule has 6 aromatic rings. The van der Waals surface area contributed by atoms with Crippen molar-refractivity contribution in [1.82, 2.24) is 0 Å². The molecule has 3 aliphatic rings. The Morgan fingerprint density at radius 2 is 1.06 bits per heavy atom. The van der Waals surface area contributed by atoms with Crippen molar-refractivity contribution in [1.29, 1.82) is 0 Å². The summed E-state index contributed by atoms with van der Waals surface area (Å²) in [5.74, 6) is 0. The van der Waals surface area contributed by atoms with Crippen LogP contribution in [0.25, 0.3) is 11.1 Å². The number of rotatable bonds is 6. The Labute approximate surface area is 302 Å². The number of methoxy groups -OCH3 is 1. The summed E-state index contributed by atoms with van der Waals surface area (Å²) in [6.07, 6.45) is 8.84. The molecule has 240 valence electrons. The van der Waals surface area contributed by atoms with Crippen LogP contribution in [0.5, 0.6) is 0 Å². The highest BCUT2D eigenvalue weighted by molar-refractivity contribution is 9.10. The lowest BCUT2D eigenvalue weighted by Crippen LogP contribution is -2.26. The van der Waals surface area contributed by atoms with Crippen LogP contribution in [0, 0.1) is 0 Å². The molecule has 1 atom stereocenters. The number of hydrogen-bond donors (Lipinski definition) is 0. The summed E-state index contributed by atoms with van der Waals surface area (Å²) < 4.78 is 7.14. The zero-order valence-corrected chi connectivity index (χ0v) is 29.9. The van der Waals surface area contributed by atoms with E-state index in [-0.39, 0.29) is 5.60 Å². The van der Waals surface area contributed by atoms with Gasteiger partial charge in [-0.3, -0.25) is 0 Å². The Morgan fingerprint density at radius 3 is 1.59 bits per heavy atom. The second-order valence-electron chi connectivity index (χ2n) is 12.7. The van der Waals surface area contributed by atoms with Gasteiger partial charge in [0.15, 0.2) is 0 Å². The Kier molecular flexibility index (Phi) is 8.99. The Balaban J connectivity index is 0.000000165. The zero-order chi connectivity index (χ0) is 33.2. The van der Waals surface area contributed by atoms with Gasteiger partial charge in [0, 0.05) is 21.4 Å². The molecule has 0 radical (unpaired) electrons. The second kappa shape index (κ2) is 13.8. The number of ether oxygens (including phenoxy) is 1. The van der Waals surface area contributed by atoms with E-state index in [1.807, 2.05) is 24.9 Å². The van der Waals surface area contributed by atoms with E-state index < -0.39 is 0 Å². The van der Waals surface area contributed by atoms with Crippen LogP contribution in [-0.4, -0.2) is 7.11 Å². The summed E-state index contributed by atoms with van der Waals surface area (Å²) in [4.78, 5) is 2.75. The minimum Gasteiger partial charge on any atom is -0.369 e. The lowest BCUT2D eigenvalue weighted by atomic mass is 9.87.